The normalized spacial score (nSPS) is 17.5. The predicted molar refractivity (Wildman–Crippen MR) is 99.2 cm³/mol. The maximum Gasteiger partial charge on any atom is 0.135 e. The van der Waals surface area contributed by atoms with Crippen LogP contribution in [0.25, 0.3) is 0 Å². The number of hydrogen-bond donors (Lipinski definition) is 1. The number of piperidine rings is 1. The van der Waals surface area contributed by atoms with Crippen molar-refractivity contribution in [1.82, 2.24) is 19.7 Å². The van der Waals surface area contributed by atoms with Gasteiger partial charge in [0.1, 0.15) is 18.0 Å². The summed E-state index contributed by atoms with van der Waals surface area (Å²) in [6, 6.07) is 12.5. The molecule has 0 bridgehead atoms. The Balaban J connectivity index is 1.50. The molecule has 0 saturated carbocycles. The molecule has 0 aliphatic carbocycles. The number of nitrogens with one attached hydrogen (secondary N) is 1. The number of hydrogen-bond acceptors (Lipinski definition) is 5. The average molecular weight is 334 g/mol. The van der Waals surface area contributed by atoms with E-state index in [4.69, 9.17) is 0 Å². The molecule has 6 nitrogen and oxygen atoms in total. The van der Waals surface area contributed by atoms with Crippen LogP contribution in [0.5, 0.6) is 0 Å². The summed E-state index contributed by atoms with van der Waals surface area (Å²) in [6.07, 6.45) is 7.96. The highest BCUT2D eigenvalue weighted by Crippen LogP contribution is 2.26. The maximum atomic E-state index is 4.49. The Kier molecular flexibility index (Phi) is 4.33. The Hall–Kier alpha value is -2.89. The highest BCUT2D eigenvalue weighted by molar-refractivity contribution is 5.59. The van der Waals surface area contributed by atoms with E-state index in [-0.39, 0.29) is 0 Å². The molecule has 1 aliphatic rings. The fourth-order valence-corrected chi connectivity index (χ4v) is 3.27. The molecule has 4 rings (SSSR count). The van der Waals surface area contributed by atoms with Gasteiger partial charge in [0.25, 0.3) is 0 Å². The van der Waals surface area contributed by atoms with Crippen molar-refractivity contribution >= 4 is 17.3 Å². The Morgan fingerprint density at radius 3 is 2.84 bits per heavy atom. The highest BCUT2D eigenvalue weighted by atomic mass is 15.3. The van der Waals surface area contributed by atoms with E-state index in [1.807, 2.05) is 42.6 Å². The van der Waals surface area contributed by atoms with Gasteiger partial charge in [0.2, 0.25) is 0 Å². The van der Waals surface area contributed by atoms with Crippen LogP contribution < -0.4 is 10.2 Å². The first kappa shape index (κ1) is 15.6. The topological polar surface area (TPSA) is 58.9 Å². The van der Waals surface area contributed by atoms with Crippen LogP contribution in [-0.2, 0) is 0 Å². The van der Waals surface area contributed by atoms with E-state index >= 15 is 0 Å². The van der Waals surface area contributed by atoms with E-state index in [1.165, 1.54) is 5.56 Å². The van der Waals surface area contributed by atoms with Gasteiger partial charge in [-0.15, -0.1) is 0 Å². The SMILES string of the molecule is Cc1cnn(C2CCCN(c3cc(Nc4ccccc4)ncn3)C2)c1. The third-order valence-electron chi connectivity index (χ3n) is 4.52. The van der Waals surface area contributed by atoms with Crippen molar-refractivity contribution in [2.75, 3.05) is 23.3 Å². The number of rotatable bonds is 4. The molecule has 1 atom stereocenters. The van der Waals surface area contributed by atoms with Gasteiger partial charge < -0.3 is 10.2 Å². The van der Waals surface area contributed by atoms with Crippen LogP contribution in [0, 0.1) is 6.92 Å². The number of anilines is 3. The third kappa shape index (κ3) is 3.63. The van der Waals surface area contributed by atoms with E-state index in [0.29, 0.717) is 6.04 Å². The van der Waals surface area contributed by atoms with Crippen LogP contribution >= 0.6 is 0 Å². The van der Waals surface area contributed by atoms with Gasteiger partial charge in [0.05, 0.1) is 12.2 Å². The predicted octanol–water partition coefficient (Wildman–Crippen LogP) is 3.57. The molecule has 0 amide bonds. The molecule has 6 heteroatoms. The Bertz CT molecular complexity index is 829. The van der Waals surface area contributed by atoms with Crippen LogP contribution in [0.1, 0.15) is 24.4 Å². The lowest BCUT2D eigenvalue weighted by molar-refractivity contribution is 0.374. The molecule has 0 radical (unpaired) electrons. The second kappa shape index (κ2) is 6.93. The third-order valence-corrected chi connectivity index (χ3v) is 4.52. The van der Waals surface area contributed by atoms with Gasteiger partial charge in [0.15, 0.2) is 0 Å². The van der Waals surface area contributed by atoms with E-state index in [2.05, 4.69) is 43.1 Å². The zero-order valence-electron chi connectivity index (χ0n) is 14.3. The second-order valence-electron chi connectivity index (χ2n) is 6.49. The largest absolute Gasteiger partial charge is 0.354 e. The maximum absolute atomic E-state index is 4.49. The fourth-order valence-electron chi connectivity index (χ4n) is 3.27. The van der Waals surface area contributed by atoms with Crippen molar-refractivity contribution in [2.45, 2.75) is 25.8 Å². The van der Waals surface area contributed by atoms with Crippen molar-refractivity contribution in [3.63, 3.8) is 0 Å². The number of nitrogens with zero attached hydrogens (tertiary/aromatic N) is 5. The van der Waals surface area contributed by atoms with Crippen molar-refractivity contribution < 1.29 is 0 Å². The molecule has 25 heavy (non-hydrogen) atoms. The molecule has 1 aliphatic heterocycles. The van der Waals surface area contributed by atoms with Crippen LogP contribution in [0.15, 0.2) is 55.1 Å². The number of benzene rings is 1. The fraction of sp³-hybridized carbons (Fsp3) is 0.316. The first-order chi connectivity index (χ1) is 12.3. The van der Waals surface area contributed by atoms with Crippen LogP contribution in [-0.4, -0.2) is 32.8 Å². The summed E-state index contributed by atoms with van der Waals surface area (Å²) in [5.74, 6) is 1.77. The second-order valence-corrected chi connectivity index (χ2v) is 6.49. The molecule has 1 fully saturated rings. The van der Waals surface area contributed by atoms with Gasteiger partial charge in [0, 0.05) is 31.0 Å². The molecule has 0 spiro atoms. The van der Waals surface area contributed by atoms with Crippen molar-refractivity contribution in [3.05, 3.63) is 60.7 Å². The van der Waals surface area contributed by atoms with Gasteiger partial charge in [-0.1, -0.05) is 18.2 Å². The number of para-hydroxylation sites is 1. The molecule has 1 unspecified atom stereocenters. The van der Waals surface area contributed by atoms with E-state index in [9.17, 15) is 0 Å². The molecule has 3 heterocycles. The molecule has 1 N–H and O–H groups in total. The van der Waals surface area contributed by atoms with Crippen molar-refractivity contribution in [1.29, 1.82) is 0 Å². The number of aromatic nitrogens is 4. The smallest absolute Gasteiger partial charge is 0.135 e. The minimum Gasteiger partial charge on any atom is -0.354 e. The molecule has 2 aromatic heterocycles. The first-order valence-corrected chi connectivity index (χ1v) is 8.68. The van der Waals surface area contributed by atoms with Crippen molar-refractivity contribution in [2.24, 2.45) is 0 Å². The standard InChI is InChI=1S/C19H22N6/c1-15-11-22-25(12-15)17-8-5-9-24(13-17)19-10-18(20-14-21-19)23-16-6-3-2-4-7-16/h2-4,6-7,10-12,14,17H,5,8-9,13H2,1H3,(H,20,21,23). The Labute approximate surface area is 147 Å². The van der Waals surface area contributed by atoms with Gasteiger partial charge in [-0.2, -0.15) is 5.10 Å². The summed E-state index contributed by atoms with van der Waals surface area (Å²) in [4.78, 5) is 11.1. The number of aryl methyl sites for hydroxylation is 1. The summed E-state index contributed by atoms with van der Waals surface area (Å²) in [5, 5.41) is 7.82. The van der Waals surface area contributed by atoms with Gasteiger partial charge in [-0.05, 0) is 37.5 Å². The molecule has 1 saturated heterocycles. The van der Waals surface area contributed by atoms with Gasteiger partial charge in [-0.3, -0.25) is 4.68 Å². The summed E-state index contributed by atoms with van der Waals surface area (Å²) in [7, 11) is 0. The lowest BCUT2D eigenvalue weighted by atomic mass is 10.1. The monoisotopic (exact) mass is 334 g/mol. The van der Waals surface area contributed by atoms with Crippen LogP contribution in [0.4, 0.5) is 17.3 Å². The summed E-state index contributed by atoms with van der Waals surface area (Å²) < 4.78 is 2.09. The van der Waals surface area contributed by atoms with E-state index in [1.54, 1.807) is 6.33 Å². The Morgan fingerprint density at radius 1 is 1.16 bits per heavy atom. The summed E-state index contributed by atoms with van der Waals surface area (Å²) in [6.45, 7) is 4.01. The molecular weight excluding hydrogens is 312 g/mol. The lowest BCUT2D eigenvalue weighted by Gasteiger charge is -2.33. The highest BCUT2D eigenvalue weighted by Gasteiger charge is 2.23. The van der Waals surface area contributed by atoms with Gasteiger partial charge >= 0.3 is 0 Å². The van der Waals surface area contributed by atoms with Crippen LogP contribution in [0.2, 0.25) is 0 Å². The molecule has 1 aromatic carbocycles. The summed E-state index contributed by atoms with van der Waals surface area (Å²) in [5.41, 5.74) is 2.23. The van der Waals surface area contributed by atoms with Crippen LogP contribution in [0.3, 0.4) is 0 Å². The quantitative estimate of drug-likeness (QED) is 0.790. The zero-order chi connectivity index (χ0) is 17.1. The average Bonchev–Trinajstić information content (AvgIpc) is 3.09. The molecule has 128 valence electrons. The van der Waals surface area contributed by atoms with E-state index in [0.717, 1.165) is 43.3 Å². The minimum absolute atomic E-state index is 0.392. The summed E-state index contributed by atoms with van der Waals surface area (Å²) >= 11 is 0. The van der Waals surface area contributed by atoms with Crippen molar-refractivity contribution in [3.8, 4) is 0 Å². The molecule has 3 aromatic rings. The zero-order valence-corrected chi connectivity index (χ0v) is 14.3. The van der Waals surface area contributed by atoms with E-state index < -0.39 is 0 Å². The molecular formula is C19H22N6. The Morgan fingerprint density at radius 2 is 2.04 bits per heavy atom. The first-order valence-electron chi connectivity index (χ1n) is 8.68. The minimum atomic E-state index is 0.392. The lowest BCUT2D eigenvalue weighted by Crippen LogP contribution is -2.37. The van der Waals surface area contributed by atoms with Gasteiger partial charge in [-0.25, -0.2) is 9.97 Å².